The van der Waals surface area contributed by atoms with Crippen molar-refractivity contribution >= 4 is 17.7 Å². The van der Waals surface area contributed by atoms with Gasteiger partial charge in [0.1, 0.15) is 5.82 Å². The van der Waals surface area contributed by atoms with Gasteiger partial charge in [-0.1, -0.05) is 30.3 Å². The molecule has 0 bridgehead atoms. The Bertz CT molecular complexity index is 770. The summed E-state index contributed by atoms with van der Waals surface area (Å²) in [6.07, 6.45) is 5.10. The normalized spacial score (nSPS) is 14.8. The largest absolute Gasteiger partial charge is 0.385 e. The summed E-state index contributed by atoms with van der Waals surface area (Å²) in [6, 6.07) is 12.5. The minimum Gasteiger partial charge on any atom is -0.385 e. The first-order valence-corrected chi connectivity index (χ1v) is 8.23. The highest BCUT2D eigenvalue weighted by molar-refractivity contribution is 5.92. The van der Waals surface area contributed by atoms with E-state index in [1.807, 2.05) is 6.92 Å². The molecule has 4 heteroatoms. The van der Waals surface area contributed by atoms with Crippen LogP contribution < -0.4 is 10.6 Å². The van der Waals surface area contributed by atoms with Crippen molar-refractivity contribution in [1.29, 1.82) is 0 Å². The highest BCUT2D eigenvalue weighted by Gasteiger charge is 2.13. The Labute approximate surface area is 141 Å². The number of hydrogen-bond acceptors (Lipinski definition) is 2. The van der Waals surface area contributed by atoms with Gasteiger partial charge in [-0.2, -0.15) is 0 Å². The number of halogens is 1. The topological polar surface area (TPSA) is 41.1 Å². The molecule has 1 amide bonds. The standard InChI is InChI=1S/C20H21FN2O/c1-14(17-9-8-16-6-4-12-22-19(16)13-17)23-20(24)11-10-15-5-2-3-7-18(15)21/h2-3,5,7-11,13-14,22H,4,6,12H2,1H3,(H,23,24). The monoisotopic (exact) mass is 324 g/mol. The second-order valence-corrected chi connectivity index (χ2v) is 6.03. The number of carbonyl (C=O) groups excluding carboxylic acids is 1. The molecular weight excluding hydrogens is 303 g/mol. The van der Waals surface area contributed by atoms with E-state index < -0.39 is 0 Å². The van der Waals surface area contributed by atoms with E-state index in [1.54, 1.807) is 18.2 Å². The number of rotatable bonds is 4. The first-order chi connectivity index (χ1) is 11.6. The fraction of sp³-hybridized carbons (Fsp3) is 0.250. The molecule has 0 aromatic heterocycles. The molecule has 0 saturated heterocycles. The maximum Gasteiger partial charge on any atom is 0.244 e. The van der Waals surface area contributed by atoms with Crippen molar-refractivity contribution in [3.63, 3.8) is 0 Å². The van der Waals surface area contributed by atoms with Gasteiger partial charge in [0.2, 0.25) is 5.91 Å². The summed E-state index contributed by atoms with van der Waals surface area (Å²) in [4.78, 5) is 12.1. The SMILES string of the molecule is CC(NC(=O)C=Cc1ccccc1F)c1ccc2c(c1)NCCC2. The van der Waals surface area contributed by atoms with E-state index >= 15 is 0 Å². The van der Waals surface area contributed by atoms with E-state index in [9.17, 15) is 9.18 Å². The van der Waals surface area contributed by atoms with Gasteiger partial charge >= 0.3 is 0 Å². The van der Waals surface area contributed by atoms with E-state index in [0.29, 0.717) is 5.56 Å². The third-order valence-corrected chi connectivity index (χ3v) is 4.25. The molecule has 1 aliphatic rings. The highest BCUT2D eigenvalue weighted by Crippen LogP contribution is 2.25. The molecule has 1 heterocycles. The van der Waals surface area contributed by atoms with Crippen LogP contribution in [0.4, 0.5) is 10.1 Å². The number of fused-ring (bicyclic) bond motifs is 1. The average Bonchev–Trinajstić information content (AvgIpc) is 2.60. The molecule has 0 radical (unpaired) electrons. The number of nitrogens with one attached hydrogen (secondary N) is 2. The van der Waals surface area contributed by atoms with Gasteiger partial charge in [0, 0.05) is 23.9 Å². The van der Waals surface area contributed by atoms with Gasteiger partial charge in [-0.25, -0.2) is 4.39 Å². The molecule has 0 saturated carbocycles. The van der Waals surface area contributed by atoms with Crippen LogP contribution in [0.5, 0.6) is 0 Å². The Morgan fingerprint density at radius 1 is 1.29 bits per heavy atom. The zero-order valence-corrected chi connectivity index (χ0v) is 13.7. The summed E-state index contributed by atoms with van der Waals surface area (Å²) in [5.74, 6) is -0.577. The lowest BCUT2D eigenvalue weighted by atomic mass is 9.99. The molecular formula is C20H21FN2O. The van der Waals surface area contributed by atoms with Crippen molar-refractivity contribution in [1.82, 2.24) is 5.32 Å². The minimum absolute atomic E-state index is 0.114. The fourth-order valence-electron chi connectivity index (χ4n) is 2.87. The van der Waals surface area contributed by atoms with Crippen molar-refractivity contribution in [2.75, 3.05) is 11.9 Å². The Balaban J connectivity index is 1.65. The number of hydrogen-bond donors (Lipinski definition) is 2. The van der Waals surface area contributed by atoms with Gasteiger partial charge < -0.3 is 10.6 Å². The van der Waals surface area contributed by atoms with Crippen LogP contribution in [0.25, 0.3) is 6.08 Å². The summed E-state index contributed by atoms with van der Waals surface area (Å²) in [6.45, 7) is 2.93. The van der Waals surface area contributed by atoms with Crippen LogP contribution in [-0.2, 0) is 11.2 Å². The maximum absolute atomic E-state index is 13.5. The smallest absolute Gasteiger partial charge is 0.244 e. The summed E-state index contributed by atoms with van der Waals surface area (Å²) in [5.41, 5.74) is 3.93. The van der Waals surface area contributed by atoms with E-state index in [-0.39, 0.29) is 17.8 Å². The third kappa shape index (κ3) is 3.82. The molecule has 1 aliphatic heterocycles. The first-order valence-electron chi connectivity index (χ1n) is 8.23. The number of amides is 1. The number of carbonyl (C=O) groups is 1. The molecule has 124 valence electrons. The molecule has 2 N–H and O–H groups in total. The predicted octanol–water partition coefficient (Wildman–Crippen LogP) is 4.07. The molecule has 0 aliphatic carbocycles. The summed E-state index contributed by atoms with van der Waals surface area (Å²) in [5, 5.41) is 6.31. The molecule has 0 fully saturated rings. The molecule has 1 atom stereocenters. The summed E-state index contributed by atoms with van der Waals surface area (Å²) < 4.78 is 13.5. The maximum atomic E-state index is 13.5. The lowest BCUT2D eigenvalue weighted by molar-refractivity contribution is -0.117. The van der Waals surface area contributed by atoms with Crippen molar-refractivity contribution in [2.45, 2.75) is 25.8 Å². The highest BCUT2D eigenvalue weighted by atomic mass is 19.1. The van der Waals surface area contributed by atoms with Crippen LogP contribution in [-0.4, -0.2) is 12.5 Å². The second kappa shape index (κ2) is 7.30. The number of aryl methyl sites for hydroxylation is 1. The van der Waals surface area contributed by atoms with Crippen LogP contribution in [0.2, 0.25) is 0 Å². The molecule has 1 unspecified atom stereocenters. The number of benzene rings is 2. The van der Waals surface area contributed by atoms with Crippen LogP contribution in [0.3, 0.4) is 0 Å². The average molecular weight is 324 g/mol. The van der Waals surface area contributed by atoms with Crippen molar-refractivity contribution in [2.24, 2.45) is 0 Å². The van der Waals surface area contributed by atoms with E-state index in [4.69, 9.17) is 0 Å². The van der Waals surface area contributed by atoms with Crippen molar-refractivity contribution in [3.8, 4) is 0 Å². The molecule has 2 aromatic carbocycles. The van der Waals surface area contributed by atoms with Crippen LogP contribution in [0, 0.1) is 5.82 Å². The molecule has 3 rings (SSSR count). The quantitative estimate of drug-likeness (QED) is 0.832. The lowest BCUT2D eigenvalue weighted by Crippen LogP contribution is -2.25. The van der Waals surface area contributed by atoms with Gasteiger partial charge in [0.25, 0.3) is 0 Å². The van der Waals surface area contributed by atoms with E-state index in [2.05, 4.69) is 28.8 Å². The van der Waals surface area contributed by atoms with Crippen molar-refractivity contribution < 1.29 is 9.18 Å². The van der Waals surface area contributed by atoms with E-state index in [1.165, 1.54) is 23.8 Å². The molecule has 2 aromatic rings. The lowest BCUT2D eigenvalue weighted by Gasteiger charge is -2.21. The third-order valence-electron chi connectivity index (χ3n) is 4.25. The molecule has 3 nitrogen and oxygen atoms in total. The molecule has 24 heavy (non-hydrogen) atoms. The Hall–Kier alpha value is -2.62. The van der Waals surface area contributed by atoms with Gasteiger partial charge in [0.15, 0.2) is 0 Å². The van der Waals surface area contributed by atoms with Crippen molar-refractivity contribution in [3.05, 3.63) is 71.0 Å². The van der Waals surface area contributed by atoms with Gasteiger partial charge in [-0.05, 0) is 49.1 Å². The van der Waals surface area contributed by atoms with E-state index in [0.717, 1.165) is 30.6 Å². The fourth-order valence-corrected chi connectivity index (χ4v) is 2.87. The molecule has 0 spiro atoms. The predicted molar refractivity (Wildman–Crippen MR) is 95.2 cm³/mol. The summed E-state index contributed by atoms with van der Waals surface area (Å²) >= 11 is 0. The van der Waals surface area contributed by atoms with Gasteiger partial charge in [-0.15, -0.1) is 0 Å². The minimum atomic E-state index is -0.338. The first kappa shape index (κ1) is 16.2. The zero-order valence-electron chi connectivity index (χ0n) is 13.7. The number of anilines is 1. The zero-order chi connectivity index (χ0) is 16.9. The summed E-state index contributed by atoms with van der Waals surface area (Å²) in [7, 11) is 0. The van der Waals surface area contributed by atoms with Gasteiger partial charge in [-0.3, -0.25) is 4.79 Å². The second-order valence-electron chi connectivity index (χ2n) is 6.03. The van der Waals surface area contributed by atoms with Crippen LogP contribution >= 0.6 is 0 Å². The van der Waals surface area contributed by atoms with Gasteiger partial charge in [0.05, 0.1) is 6.04 Å². The Kier molecular flexibility index (Phi) is 4.94. The van der Waals surface area contributed by atoms with Crippen LogP contribution in [0.1, 0.15) is 36.1 Å². The Morgan fingerprint density at radius 2 is 2.12 bits per heavy atom. The van der Waals surface area contributed by atoms with Crippen LogP contribution in [0.15, 0.2) is 48.5 Å². The Morgan fingerprint density at radius 3 is 2.96 bits per heavy atom.